The highest BCUT2D eigenvalue weighted by molar-refractivity contribution is 9.10. The highest BCUT2D eigenvalue weighted by Crippen LogP contribution is 2.32. The highest BCUT2D eigenvalue weighted by Gasteiger charge is 2.19. The number of hydrogen-bond acceptors (Lipinski definition) is 3. The fourth-order valence-corrected chi connectivity index (χ4v) is 3.10. The van der Waals surface area contributed by atoms with Crippen molar-refractivity contribution in [3.63, 3.8) is 0 Å². The lowest BCUT2D eigenvalue weighted by atomic mass is 10.2. The molecule has 0 aromatic carbocycles. The molecule has 3 nitrogen and oxygen atoms in total. The zero-order valence-electron chi connectivity index (χ0n) is 9.14. The van der Waals surface area contributed by atoms with Crippen LogP contribution in [0.3, 0.4) is 0 Å². The molecular weight excluding hydrogens is 288 g/mol. The quantitative estimate of drug-likeness (QED) is 0.946. The van der Waals surface area contributed by atoms with Crippen molar-refractivity contribution in [1.82, 2.24) is 9.78 Å². The monoisotopic (exact) mass is 300 g/mol. The van der Waals surface area contributed by atoms with E-state index >= 15 is 0 Å². The number of rotatable bonds is 3. The maximum Gasteiger partial charge on any atom is 0.131 e. The lowest BCUT2D eigenvalue weighted by Gasteiger charge is -2.09. The molecule has 0 radical (unpaired) electrons. The second-order valence-corrected chi connectivity index (χ2v) is 5.62. The van der Waals surface area contributed by atoms with Crippen LogP contribution in [0.25, 0.3) is 0 Å². The molecule has 2 aromatic heterocycles. The van der Waals surface area contributed by atoms with Crippen LogP contribution in [0.15, 0.2) is 22.8 Å². The van der Waals surface area contributed by atoms with Crippen LogP contribution in [0.2, 0.25) is 0 Å². The fourth-order valence-electron chi connectivity index (χ4n) is 1.59. The summed E-state index contributed by atoms with van der Waals surface area (Å²) in [4.78, 5) is 2.24. The SMILES string of the molecule is CCc1ccc(C(O)c2c(Br)cnn2C)s1. The third-order valence-electron chi connectivity index (χ3n) is 2.50. The molecule has 0 fully saturated rings. The molecule has 0 aliphatic carbocycles. The van der Waals surface area contributed by atoms with Gasteiger partial charge in [-0.1, -0.05) is 6.92 Å². The van der Waals surface area contributed by atoms with Crippen molar-refractivity contribution in [2.24, 2.45) is 7.05 Å². The molecule has 2 rings (SSSR count). The molecule has 1 N–H and O–H groups in total. The number of nitrogens with zero attached hydrogens (tertiary/aromatic N) is 2. The molecule has 0 saturated heterocycles. The van der Waals surface area contributed by atoms with Gasteiger partial charge in [0, 0.05) is 16.8 Å². The van der Waals surface area contributed by atoms with E-state index < -0.39 is 6.10 Å². The van der Waals surface area contributed by atoms with Crippen molar-refractivity contribution in [2.75, 3.05) is 0 Å². The van der Waals surface area contributed by atoms with Crippen LogP contribution >= 0.6 is 27.3 Å². The lowest BCUT2D eigenvalue weighted by Crippen LogP contribution is -2.05. The summed E-state index contributed by atoms with van der Waals surface area (Å²) in [6, 6.07) is 4.04. The van der Waals surface area contributed by atoms with Crippen LogP contribution in [-0.2, 0) is 13.5 Å². The highest BCUT2D eigenvalue weighted by atomic mass is 79.9. The Balaban J connectivity index is 2.34. The third kappa shape index (κ3) is 2.07. The number of aliphatic hydroxyl groups excluding tert-OH is 1. The zero-order valence-corrected chi connectivity index (χ0v) is 11.5. The maximum atomic E-state index is 10.3. The predicted octanol–water partition coefficient (Wildman–Crippen LogP) is 2.89. The topological polar surface area (TPSA) is 38.1 Å². The van der Waals surface area contributed by atoms with E-state index in [1.807, 2.05) is 13.1 Å². The van der Waals surface area contributed by atoms with Crippen LogP contribution in [0.4, 0.5) is 0 Å². The molecule has 0 amide bonds. The van der Waals surface area contributed by atoms with Gasteiger partial charge in [0.25, 0.3) is 0 Å². The standard InChI is InChI=1S/C11H13BrN2OS/c1-3-7-4-5-9(16-7)11(15)10-8(12)6-13-14(10)2/h4-6,11,15H,3H2,1-2H3. The molecule has 1 atom stereocenters. The number of aromatic nitrogens is 2. The van der Waals surface area contributed by atoms with Gasteiger partial charge >= 0.3 is 0 Å². The molecule has 86 valence electrons. The van der Waals surface area contributed by atoms with Crippen LogP contribution in [0.5, 0.6) is 0 Å². The van der Waals surface area contributed by atoms with Gasteiger partial charge in [0.15, 0.2) is 0 Å². The molecule has 0 aliphatic heterocycles. The molecule has 2 aromatic rings. The van der Waals surface area contributed by atoms with Gasteiger partial charge in [-0.15, -0.1) is 11.3 Å². The van der Waals surface area contributed by atoms with Crippen molar-refractivity contribution in [3.8, 4) is 0 Å². The summed E-state index contributed by atoms with van der Waals surface area (Å²) in [6.07, 6.45) is 2.10. The Morgan fingerprint density at radius 3 is 2.81 bits per heavy atom. The first kappa shape index (κ1) is 11.8. The normalized spacial score (nSPS) is 13.0. The summed E-state index contributed by atoms with van der Waals surface area (Å²) in [7, 11) is 1.83. The van der Waals surface area contributed by atoms with E-state index in [0.717, 1.165) is 21.5 Å². The number of halogens is 1. The van der Waals surface area contributed by atoms with Crippen molar-refractivity contribution in [1.29, 1.82) is 0 Å². The summed E-state index contributed by atoms with van der Waals surface area (Å²) in [6.45, 7) is 2.11. The van der Waals surface area contributed by atoms with Gasteiger partial charge in [0.05, 0.1) is 16.4 Å². The molecule has 2 heterocycles. The van der Waals surface area contributed by atoms with E-state index in [4.69, 9.17) is 0 Å². The Bertz CT molecular complexity index is 472. The van der Waals surface area contributed by atoms with Crippen molar-refractivity contribution >= 4 is 27.3 Å². The van der Waals surface area contributed by atoms with Gasteiger partial charge in [-0.3, -0.25) is 4.68 Å². The Labute approximate surface area is 107 Å². The second kappa shape index (κ2) is 4.69. The summed E-state index contributed by atoms with van der Waals surface area (Å²) >= 11 is 5.04. The van der Waals surface area contributed by atoms with E-state index in [0.29, 0.717) is 0 Å². The third-order valence-corrected chi connectivity index (χ3v) is 4.39. The van der Waals surface area contributed by atoms with Gasteiger partial charge < -0.3 is 5.11 Å². The first-order valence-electron chi connectivity index (χ1n) is 5.07. The summed E-state index contributed by atoms with van der Waals surface area (Å²) in [5.74, 6) is 0. The van der Waals surface area contributed by atoms with Crippen LogP contribution in [0.1, 0.15) is 28.5 Å². The average molecular weight is 301 g/mol. The zero-order chi connectivity index (χ0) is 11.7. The van der Waals surface area contributed by atoms with E-state index in [2.05, 4.69) is 34.0 Å². The summed E-state index contributed by atoms with van der Waals surface area (Å²) in [5, 5.41) is 14.4. The second-order valence-electron chi connectivity index (χ2n) is 3.56. The Morgan fingerprint density at radius 1 is 1.56 bits per heavy atom. The largest absolute Gasteiger partial charge is 0.381 e. The van der Waals surface area contributed by atoms with E-state index in [-0.39, 0.29) is 0 Å². The summed E-state index contributed by atoms with van der Waals surface area (Å²) in [5.41, 5.74) is 0.796. The Morgan fingerprint density at radius 2 is 2.31 bits per heavy atom. The molecule has 0 saturated carbocycles. The first-order valence-corrected chi connectivity index (χ1v) is 6.68. The van der Waals surface area contributed by atoms with Crippen molar-refractivity contribution in [3.05, 3.63) is 38.3 Å². The number of aryl methyl sites for hydroxylation is 2. The smallest absolute Gasteiger partial charge is 0.131 e. The minimum atomic E-state index is -0.604. The number of thiophene rings is 1. The Kier molecular flexibility index (Phi) is 3.47. The van der Waals surface area contributed by atoms with Crippen LogP contribution < -0.4 is 0 Å². The molecule has 0 aliphatic rings. The average Bonchev–Trinajstić information content (AvgIpc) is 2.85. The van der Waals surface area contributed by atoms with E-state index in [9.17, 15) is 5.11 Å². The van der Waals surface area contributed by atoms with Crippen LogP contribution in [0, 0.1) is 0 Å². The van der Waals surface area contributed by atoms with Gasteiger partial charge in [-0.2, -0.15) is 5.10 Å². The number of aliphatic hydroxyl groups is 1. The molecule has 1 unspecified atom stereocenters. The Hall–Kier alpha value is -0.650. The molecule has 16 heavy (non-hydrogen) atoms. The van der Waals surface area contributed by atoms with Gasteiger partial charge in [0.1, 0.15) is 6.10 Å². The summed E-state index contributed by atoms with van der Waals surface area (Å²) < 4.78 is 2.54. The van der Waals surface area contributed by atoms with Gasteiger partial charge in [-0.05, 0) is 34.5 Å². The minimum absolute atomic E-state index is 0.604. The molecular formula is C11H13BrN2OS. The van der Waals surface area contributed by atoms with Gasteiger partial charge in [-0.25, -0.2) is 0 Å². The predicted molar refractivity (Wildman–Crippen MR) is 68.7 cm³/mol. The minimum Gasteiger partial charge on any atom is -0.381 e. The molecule has 5 heteroatoms. The van der Waals surface area contributed by atoms with Crippen molar-refractivity contribution in [2.45, 2.75) is 19.4 Å². The molecule has 0 spiro atoms. The first-order chi connectivity index (χ1) is 7.63. The lowest BCUT2D eigenvalue weighted by molar-refractivity contribution is 0.212. The number of hydrogen-bond donors (Lipinski definition) is 1. The van der Waals surface area contributed by atoms with Gasteiger partial charge in [0.2, 0.25) is 0 Å². The van der Waals surface area contributed by atoms with E-state index in [1.54, 1.807) is 22.2 Å². The maximum absolute atomic E-state index is 10.3. The van der Waals surface area contributed by atoms with Crippen molar-refractivity contribution < 1.29 is 5.11 Å². The van der Waals surface area contributed by atoms with Crippen LogP contribution in [-0.4, -0.2) is 14.9 Å². The molecule has 0 bridgehead atoms. The fraction of sp³-hybridized carbons (Fsp3) is 0.364. The van der Waals surface area contributed by atoms with E-state index in [1.165, 1.54) is 4.88 Å².